The largest absolute Gasteiger partial charge is 0.465 e. The van der Waals surface area contributed by atoms with Crippen molar-refractivity contribution in [3.63, 3.8) is 0 Å². The fourth-order valence-electron chi connectivity index (χ4n) is 4.43. The number of benzene rings is 3. The van der Waals surface area contributed by atoms with Crippen molar-refractivity contribution in [1.29, 1.82) is 0 Å². The van der Waals surface area contributed by atoms with E-state index in [1.165, 1.54) is 7.11 Å². The summed E-state index contributed by atoms with van der Waals surface area (Å²) in [5, 5.41) is 3.50. The van der Waals surface area contributed by atoms with Gasteiger partial charge in [0.25, 0.3) is 0 Å². The first-order chi connectivity index (χ1) is 16.6. The third-order valence-electron chi connectivity index (χ3n) is 6.00. The number of aromatic nitrogens is 1. The lowest BCUT2D eigenvalue weighted by atomic mass is 10.0. The van der Waals surface area contributed by atoms with E-state index in [1.54, 1.807) is 29.2 Å². The van der Waals surface area contributed by atoms with Gasteiger partial charge in [-0.3, -0.25) is 0 Å². The normalized spacial score (nSPS) is 14.5. The Morgan fingerprint density at radius 3 is 2.50 bits per heavy atom. The zero-order valence-electron chi connectivity index (χ0n) is 18.4. The van der Waals surface area contributed by atoms with E-state index in [0.29, 0.717) is 17.3 Å². The van der Waals surface area contributed by atoms with Crippen LogP contribution in [-0.2, 0) is 11.3 Å². The van der Waals surface area contributed by atoms with Crippen molar-refractivity contribution < 1.29 is 14.3 Å². The number of nitrogens with one attached hydrogen (secondary N) is 1. The first-order valence-electron chi connectivity index (χ1n) is 10.8. The molecule has 2 amide bonds. The van der Waals surface area contributed by atoms with Gasteiger partial charge in [-0.05, 0) is 47.5 Å². The molecule has 0 saturated carbocycles. The molecular formula is C27H22ClN3O3. The number of anilines is 1. The topological polar surface area (TPSA) is 63.6 Å². The van der Waals surface area contributed by atoms with Crippen LogP contribution in [0, 0.1) is 0 Å². The van der Waals surface area contributed by atoms with Crippen LogP contribution in [0.3, 0.4) is 0 Å². The summed E-state index contributed by atoms with van der Waals surface area (Å²) in [6, 6.07) is 25.5. The average Bonchev–Trinajstić information content (AvgIpc) is 3.29. The highest BCUT2D eigenvalue weighted by atomic mass is 35.5. The van der Waals surface area contributed by atoms with Crippen molar-refractivity contribution in [3.8, 4) is 5.69 Å². The van der Waals surface area contributed by atoms with Crippen molar-refractivity contribution >= 4 is 29.3 Å². The summed E-state index contributed by atoms with van der Waals surface area (Å²) in [5.41, 5.74) is 4.38. The second kappa shape index (κ2) is 9.08. The Kier molecular flexibility index (Phi) is 5.82. The number of carbonyl (C=O) groups excluding carboxylic acids is 2. The molecule has 1 aliphatic heterocycles. The monoisotopic (exact) mass is 471 g/mol. The molecule has 4 aromatic rings. The zero-order chi connectivity index (χ0) is 23.7. The fourth-order valence-corrected chi connectivity index (χ4v) is 4.67. The Labute approximate surface area is 202 Å². The minimum atomic E-state index is -0.520. The highest BCUT2D eigenvalue weighted by Gasteiger charge is 2.34. The van der Waals surface area contributed by atoms with E-state index in [0.717, 1.165) is 22.5 Å². The summed E-state index contributed by atoms with van der Waals surface area (Å²) < 4.78 is 6.98. The molecule has 34 heavy (non-hydrogen) atoms. The summed E-state index contributed by atoms with van der Waals surface area (Å²) in [6.07, 6.45) is 1.99. The Bertz CT molecular complexity index is 1380. The Morgan fingerprint density at radius 2 is 1.68 bits per heavy atom. The highest BCUT2D eigenvalue weighted by Crippen LogP contribution is 2.39. The zero-order valence-corrected chi connectivity index (χ0v) is 19.2. The molecular weight excluding hydrogens is 450 g/mol. The van der Waals surface area contributed by atoms with E-state index in [9.17, 15) is 9.59 Å². The van der Waals surface area contributed by atoms with Crippen LogP contribution < -0.4 is 5.32 Å². The molecule has 1 unspecified atom stereocenters. The van der Waals surface area contributed by atoms with Gasteiger partial charge in [-0.25, -0.2) is 9.59 Å². The number of halogens is 1. The van der Waals surface area contributed by atoms with E-state index in [2.05, 4.69) is 9.88 Å². The molecule has 5 rings (SSSR count). The van der Waals surface area contributed by atoms with Crippen molar-refractivity contribution in [3.05, 3.63) is 119 Å². The number of nitrogens with zero attached hydrogens (tertiary/aromatic N) is 2. The van der Waals surface area contributed by atoms with Gasteiger partial charge in [0, 0.05) is 11.2 Å². The lowest BCUT2D eigenvalue weighted by Gasteiger charge is -2.31. The van der Waals surface area contributed by atoms with Crippen LogP contribution in [0.1, 0.15) is 33.2 Å². The molecule has 0 bridgehead atoms. The number of urea groups is 1. The number of carbonyl (C=O) groups is 2. The van der Waals surface area contributed by atoms with Crippen molar-refractivity contribution in [2.24, 2.45) is 0 Å². The molecule has 7 heteroatoms. The summed E-state index contributed by atoms with van der Waals surface area (Å²) in [7, 11) is 1.31. The number of hydrogen-bond acceptors (Lipinski definition) is 3. The van der Waals surface area contributed by atoms with Gasteiger partial charge in [-0.1, -0.05) is 60.1 Å². The molecule has 1 atom stereocenters. The number of rotatable bonds is 3. The molecule has 2 heterocycles. The third-order valence-corrected chi connectivity index (χ3v) is 6.34. The molecule has 0 fully saturated rings. The number of esters is 1. The molecule has 3 aromatic carbocycles. The number of fused-ring (bicyclic) bond motifs is 3. The predicted octanol–water partition coefficient (Wildman–Crippen LogP) is 6.05. The van der Waals surface area contributed by atoms with E-state index < -0.39 is 12.0 Å². The van der Waals surface area contributed by atoms with Gasteiger partial charge in [0.1, 0.15) is 6.04 Å². The van der Waals surface area contributed by atoms with Gasteiger partial charge >= 0.3 is 12.0 Å². The van der Waals surface area contributed by atoms with Crippen LogP contribution in [0.15, 0.2) is 91.1 Å². The number of methoxy groups -OCH3 is 1. The molecule has 0 saturated heterocycles. The van der Waals surface area contributed by atoms with E-state index in [4.69, 9.17) is 16.3 Å². The van der Waals surface area contributed by atoms with E-state index >= 15 is 0 Å². The van der Waals surface area contributed by atoms with Gasteiger partial charge in [0.05, 0.1) is 36.3 Å². The summed E-state index contributed by atoms with van der Waals surface area (Å²) in [5.74, 6) is -0.520. The Morgan fingerprint density at radius 1 is 0.941 bits per heavy atom. The maximum atomic E-state index is 13.8. The van der Waals surface area contributed by atoms with Gasteiger partial charge < -0.3 is 19.5 Å². The third kappa shape index (κ3) is 3.82. The number of amides is 2. The summed E-state index contributed by atoms with van der Waals surface area (Å²) in [4.78, 5) is 27.8. The predicted molar refractivity (Wildman–Crippen MR) is 131 cm³/mol. The second-order valence-electron chi connectivity index (χ2n) is 7.95. The minimum absolute atomic E-state index is 0.284. The molecule has 170 valence electrons. The first kappa shape index (κ1) is 21.8. The van der Waals surface area contributed by atoms with Crippen LogP contribution in [-0.4, -0.2) is 28.6 Å². The van der Waals surface area contributed by atoms with Crippen LogP contribution in [0.25, 0.3) is 5.69 Å². The second-order valence-corrected chi connectivity index (χ2v) is 8.36. The molecule has 6 nitrogen and oxygen atoms in total. The number of ether oxygens (including phenoxy) is 1. The van der Waals surface area contributed by atoms with Gasteiger partial charge in [0.2, 0.25) is 0 Å². The fraction of sp³-hybridized carbons (Fsp3) is 0.111. The quantitative estimate of drug-likeness (QED) is 0.370. The Balaban J connectivity index is 1.63. The smallest absolute Gasteiger partial charge is 0.339 e. The SMILES string of the molecule is COC(=O)c1ccccc1NC(=O)N1Cc2ccccc2-n2cccc2C1c1ccccc1Cl. The van der Waals surface area contributed by atoms with Crippen LogP contribution in [0.2, 0.25) is 5.02 Å². The lowest BCUT2D eigenvalue weighted by molar-refractivity contribution is 0.0602. The van der Waals surface area contributed by atoms with Crippen molar-refractivity contribution in [2.75, 3.05) is 12.4 Å². The number of hydrogen-bond donors (Lipinski definition) is 1. The summed E-state index contributed by atoms with van der Waals surface area (Å²) in [6.45, 7) is 0.347. The summed E-state index contributed by atoms with van der Waals surface area (Å²) >= 11 is 6.64. The van der Waals surface area contributed by atoms with Crippen LogP contribution in [0.4, 0.5) is 10.5 Å². The molecule has 0 aliphatic carbocycles. The maximum Gasteiger partial charge on any atom is 0.339 e. The van der Waals surface area contributed by atoms with Gasteiger partial charge in [-0.2, -0.15) is 0 Å². The minimum Gasteiger partial charge on any atom is -0.465 e. The van der Waals surface area contributed by atoms with Gasteiger partial charge in [-0.15, -0.1) is 0 Å². The highest BCUT2D eigenvalue weighted by molar-refractivity contribution is 6.31. The maximum absolute atomic E-state index is 13.8. The van der Waals surface area contributed by atoms with E-state index in [-0.39, 0.29) is 11.6 Å². The van der Waals surface area contributed by atoms with Crippen molar-refractivity contribution in [1.82, 2.24) is 9.47 Å². The van der Waals surface area contributed by atoms with Crippen molar-refractivity contribution in [2.45, 2.75) is 12.6 Å². The molecule has 0 spiro atoms. The standard InChI is InChI=1S/C27H22ClN3O3/c1-34-26(32)20-11-4-6-13-22(20)29-27(33)31-17-18-9-2-7-14-23(18)30-16-8-15-24(30)25(31)19-10-3-5-12-21(19)28/h2-16,25H,17H2,1H3,(H,29,33). The van der Waals surface area contributed by atoms with Crippen LogP contribution >= 0.6 is 11.6 Å². The average molecular weight is 472 g/mol. The van der Waals surface area contributed by atoms with E-state index in [1.807, 2.05) is 66.9 Å². The lowest BCUT2D eigenvalue weighted by Crippen LogP contribution is -2.38. The van der Waals surface area contributed by atoms with Gasteiger partial charge in [0.15, 0.2) is 0 Å². The number of para-hydroxylation sites is 2. The molecule has 1 aliphatic rings. The molecule has 1 N–H and O–H groups in total. The first-order valence-corrected chi connectivity index (χ1v) is 11.2. The molecule has 0 radical (unpaired) electrons. The van der Waals surface area contributed by atoms with Crippen LogP contribution in [0.5, 0.6) is 0 Å². The molecule has 1 aromatic heterocycles. The Hall–Kier alpha value is -4.03.